The SMILES string of the molecule is CC(C)(C)c1ccc(S(=O)(=O)NCC2(O)CCOCC2)cc1. The summed E-state index contributed by atoms with van der Waals surface area (Å²) in [5.74, 6) is 0. The van der Waals surface area contributed by atoms with Crippen molar-refractivity contribution in [3.8, 4) is 0 Å². The Morgan fingerprint density at radius 2 is 1.73 bits per heavy atom. The van der Waals surface area contributed by atoms with E-state index in [0.29, 0.717) is 26.1 Å². The molecular formula is C16H25NO4S. The lowest BCUT2D eigenvalue weighted by atomic mass is 9.87. The van der Waals surface area contributed by atoms with Crippen LogP contribution in [-0.4, -0.2) is 38.9 Å². The monoisotopic (exact) mass is 327 g/mol. The van der Waals surface area contributed by atoms with Gasteiger partial charge in [-0.25, -0.2) is 13.1 Å². The van der Waals surface area contributed by atoms with Crippen LogP contribution < -0.4 is 4.72 Å². The van der Waals surface area contributed by atoms with E-state index in [-0.39, 0.29) is 16.9 Å². The molecule has 2 rings (SSSR count). The van der Waals surface area contributed by atoms with Crippen molar-refractivity contribution in [3.05, 3.63) is 29.8 Å². The van der Waals surface area contributed by atoms with Crippen LogP contribution in [0.1, 0.15) is 39.2 Å². The fourth-order valence-corrected chi connectivity index (χ4v) is 3.49. The van der Waals surface area contributed by atoms with Crippen LogP contribution in [0.5, 0.6) is 0 Å². The first-order valence-electron chi connectivity index (χ1n) is 7.53. The van der Waals surface area contributed by atoms with E-state index in [1.165, 1.54) is 0 Å². The van der Waals surface area contributed by atoms with Gasteiger partial charge in [-0.15, -0.1) is 0 Å². The number of sulfonamides is 1. The third-order valence-electron chi connectivity index (χ3n) is 4.05. The predicted octanol–water partition coefficient (Wildman–Crippen LogP) is 1.80. The molecule has 2 N–H and O–H groups in total. The van der Waals surface area contributed by atoms with Crippen molar-refractivity contribution in [1.82, 2.24) is 4.72 Å². The molecule has 1 aromatic carbocycles. The van der Waals surface area contributed by atoms with Crippen LogP contribution in [0, 0.1) is 0 Å². The van der Waals surface area contributed by atoms with Gasteiger partial charge in [0, 0.05) is 32.6 Å². The van der Waals surface area contributed by atoms with Crippen molar-refractivity contribution < 1.29 is 18.3 Å². The molecule has 1 aromatic rings. The molecule has 0 radical (unpaired) electrons. The molecular weight excluding hydrogens is 302 g/mol. The smallest absolute Gasteiger partial charge is 0.240 e. The summed E-state index contributed by atoms with van der Waals surface area (Å²) in [5.41, 5.74) is 0.0402. The molecule has 1 heterocycles. The molecule has 0 aromatic heterocycles. The Labute approximate surface area is 132 Å². The number of aliphatic hydroxyl groups is 1. The molecule has 0 amide bonds. The average molecular weight is 327 g/mol. The average Bonchev–Trinajstić information content (AvgIpc) is 2.46. The quantitative estimate of drug-likeness (QED) is 0.884. The summed E-state index contributed by atoms with van der Waals surface area (Å²) in [6.45, 7) is 7.16. The van der Waals surface area contributed by atoms with Gasteiger partial charge in [0.1, 0.15) is 0 Å². The third kappa shape index (κ3) is 4.29. The first kappa shape index (κ1) is 17.4. The van der Waals surface area contributed by atoms with E-state index in [1.807, 2.05) is 12.1 Å². The number of nitrogens with one attached hydrogen (secondary N) is 1. The molecule has 1 aliphatic rings. The standard InChI is InChI=1S/C16H25NO4S/c1-15(2,3)13-4-6-14(7-5-13)22(19,20)17-12-16(18)8-10-21-11-9-16/h4-7,17-18H,8-12H2,1-3H3. The maximum atomic E-state index is 12.3. The zero-order valence-corrected chi connectivity index (χ0v) is 14.2. The van der Waals surface area contributed by atoms with Crippen molar-refractivity contribution in [3.63, 3.8) is 0 Å². The second-order valence-electron chi connectivity index (χ2n) is 6.94. The van der Waals surface area contributed by atoms with Gasteiger partial charge in [0.15, 0.2) is 0 Å². The van der Waals surface area contributed by atoms with Gasteiger partial charge in [0.25, 0.3) is 0 Å². The van der Waals surface area contributed by atoms with Crippen LogP contribution in [-0.2, 0) is 20.2 Å². The molecule has 0 aliphatic carbocycles. The highest BCUT2D eigenvalue weighted by molar-refractivity contribution is 7.89. The lowest BCUT2D eigenvalue weighted by Crippen LogP contribution is -2.46. The van der Waals surface area contributed by atoms with E-state index >= 15 is 0 Å². The summed E-state index contributed by atoms with van der Waals surface area (Å²) >= 11 is 0. The maximum absolute atomic E-state index is 12.3. The summed E-state index contributed by atoms with van der Waals surface area (Å²) < 4.78 is 32.3. The molecule has 0 spiro atoms. The van der Waals surface area contributed by atoms with E-state index in [2.05, 4.69) is 25.5 Å². The second-order valence-corrected chi connectivity index (χ2v) is 8.70. The Morgan fingerprint density at radius 3 is 2.23 bits per heavy atom. The minimum atomic E-state index is -3.61. The van der Waals surface area contributed by atoms with Gasteiger partial charge in [-0.05, 0) is 23.1 Å². The zero-order valence-electron chi connectivity index (χ0n) is 13.4. The van der Waals surface area contributed by atoms with Crippen LogP contribution >= 0.6 is 0 Å². The molecule has 6 heteroatoms. The van der Waals surface area contributed by atoms with E-state index in [1.54, 1.807) is 12.1 Å². The lowest BCUT2D eigenvalue weighted by Gasteiger charge is -2.32. The fourth-order valence-electron chi connectivity index (χ4n) is 2.37. The van der Waals surface area contributed by atoms with Crippen LogP contribution in [0.2, 0.25) is 0 Å². The highest BCUT2D eigenvalue weighted by Crippen LogP contribution is 2.24. The van der Waals surface area contributed by atoms with Crippen molar-refractivity contribution in [2.75, 3.05) is 19.8 Å². The van der Waals surface area contributed by atoms with Crippen LogP contribution in [0.25, 0.3) is 0 Å². The molecule has 0 bridgehead atoms. The molecule has 1 fully saturated rings. The Morgan fingerprint density at radius 1 is 1.18 bits per heavy atom. The van der Waals surface area contributed by atoms with Crippen molar-refractivity contribution in [2.45, 2.75) is 49.5 Å². The largest absolute Gasteiger partial charge is 0.388 e. The van der Waals surface area contributed by atoms with E-state index in [4.69, 9.17) is 4.74 Å². The molecule has 1 aliphatic heterocycles. The Kier molecular flexibility index (Phi) is 4.96. The lowest BCUT2D eigenvalue weighted by molar-refractivity contribution is -0.0588. The molecule has 124 valence electrons. The van der Waals surface area contributed by atoms with Gasteiger partial charge in [-0.2, -0.15) is 0 Å². The molecule has 22 heavy (non-hydrogen) atoms. The number of hydrogen-bond donors (Lipinski definition) is 2. The molecule has 5 nitrogen and oxygen atoms in total. The number of hydrogen-bond acceptors (Lipinski definition) is 4. The van der Waals surface area contributed by atoms with Crippen molar-refractivity contribution in [1.29, 1.82) is 0 Å². The minimum Gasteiger partial charge on any atom is -0.388 e. The summed E-state index contributed by atoms with van der Waals surface area (Å²) in [6, 6.07) is 6.88. The van der Waals surface area contributed by atoms with Gasteiger partial charge in [0.05, 0.1) is 10.5 Å². The zero-order chi connectivity index (χ0) is 16.4. The normalized spacial score (nSPS) is 19.1. The molecule has 0 unspecified atom stereocenters. The first-order chi connectivity index (χ1) is 10.1. The van der Waals surface area contributed by atoms with E-state index < -0.39 is 15.6 Å². The van der Waals surface area contributed by atoms with Crippen molar-refractivity contribution in [2.24, 2.45) is 0 Å². The number of ether oxygens (including phenoxy) is 1. The summed E-state index contributed by atoms with van der Waals surface area (Å²) in [6.07, 6.45) is 0.886. The Bertz CT molecular complexity index is 596. The summed E-state index contributed by atoms with van der Waals surface area (Å²) in [5, 5.41) is 10.3. The molecule has 1 saturated heterocycles. The number of rotatable bonds is 4. The van der Waals surface area contributed by atoms with Gasteiger partial charge in [-0.3, -0.25) is 0 Å². The highest BCUT2D eigenvalue weighted by atomic mass is 32.2. The van der Waals surface area contributed by atoms with Crippen LogP contribution in [0.4, 0.5) is 0 Å². The van der Waals surface area contributed by atoms with Gasteiger partial charge < -0.3 is 9.84 Å². The molecule has 0 saturated carbocycles. The van der Waals surface area contributed by atoms with E-state index in [9.17, 15) is 13.5 Å². The topological polar surface area (TPSA) is 75.6 Å². The second kappa shape index (κ2) is 6.28. The van der Waals surface area contributed by atoms with Gasteiger partial charge >= 0.3 is 0 Å². The fraction of sp³-hybridized carbons (Fsp3) is 0.625. The summed E-state index contributed by atoms with van der Waals surface area (Å²) in [4.78, 5) is 0.219. The van der Waals surface area contributed by atoms with E-state index in [0.717, 1.165) is 5.56 Å². The minimum absolute atomic E-state index is 0.0136. The van der Waals surface area contributed by atoms with Gasteiger partial charge in [0.2, 0.25) is 10.0 Å². The summed E-state index contributed by atoms with van der Waals surface area (Å²) in [7, 11) is -3.61. The molecule has 0 atom stereocenters. The third-order valence-corrected chi connectivity index (χ3v) is 5.46. The van der Waals surface area contributed by atoms with Crippen LogP contribution in [0.3, 0.4) is 0 Å². The number of benzene rings is 1. The van der Waals surface area contributed by atoms with Crippen LogP contribution in [0.15, 0.2) is 29.2 Å². The van der Waals surface area contributed by atoms with Crippen molar-refractivity contribution >= 4 is 10.0 Å². The maximum Gasteiger partial charge on any atom is 0.240 e. The first-order valence-corrected chi connectivity index (χ1v) is 9.01. The van der Waals surface area contributed by atoms with Gasteiger partial charge in [-0.1, -0.05) is 32.9 Å². The highest BCUT2D eigenvalue weighted by Gasteiger charge is 2.31. The Balaban J connectivity index is 2.07. The predicted molar refractivity (Wildman–Crippen MR) is 85.3 cm³/mol. The Hall–Kier alpha value is -0.950.